The molecule has 2 aromatic rings. The Morgan fingerprint density at radius 2 is 1.96 bits per heavy atom. The van der Waals surface area contributed by atoms with Gasteiger partial charge in [-0.25, -0.2) is 13.0 Å². The van der Waals surface area contributed by atoms with E-state index in [-0.39, 0.29) is 12.1 Å². The molecule has 0 aliphatic carbocycles. The van der Waals surface area contributed by atoms with E-state index in [1.165, 1.54) is 12.1 Å². The topological polar surface area (TPSA) is 120 Å². The SMILES string of the molecule is CN(N=Cc1ccc[n+](CCCS(=O)(=O)[O-])c1)c1ccc([N+](=O)[O-])cc1. The lowest BCUT2D eigenvalue weighted by atomic mass is 10.3. The molecule has 10 heteroatoms. The number of hydrazone groups is 1. The molecule has 0 unspecified atom stereocenters. The van der Waals surface area contributed by atoms with Gasteiger partial charge in [0.05, 0.1) is 32.5 Å². The van der Waals surface area contributed by atoms with Crippen molar-refractivity contribution in [3.05, 3.63) is 64.5 Å². The summed E-state index contributed by atoms with van der Waals surface area (Å²) in [5, 5.41) is 16.5. The molecule has 9 nitrogen and oxygen atoms in total. The lowest BCUT2D eigenvalue weighted by Gasteiger charge is -2.12. The number of nitro benzene ring substituents is 1. The minimum absolute atomic E-state index is 0.00956. The highest BCUT2D eigenvalue weighted by Gasteiger charge is 2.06. The van der Waals surface area contributed by atoms with Crippen LogP contribution in [0.25, 0.3) is 0 Å². The van der Waals surface area contributed by atoms with Crippen LogP contribution in [-0.2, 0) is 16.7 Å². The molecule has 2 rings (SSSR count). The summed E-state index contributed by atoms with van der Waals surface area (Å²) < 4.78 is 33.7. The lowest BCUT2D eigenvalue weighted by Crippen LogP contribution is -2.34. The van der Waals surface area contributed by atoms with E-state index in [0.717, 1.165) is 5.56 Å². The molecule has 0 fully saturated rings. The first-order valence-electron chi connectivity index (χ1n) is 7.69. The highest BCUT2D eigenvalue weighted by Crippen LogP contribution is 2.18. The summed E-state index contributed by atoms with van der Waals surface area (Å²) in [6.07, 6.45) is 5.40. The number of benzene rings is 1. The molecule has 0 bridgehead atoms. The Hall–Kier alpha value is -2.85. The van der Waals surface area contributed by atoms with Gasteiger partial charge in [0.2, 0.25) is 0 Å². The number of hydrogen-bond donors (Lipinski definition) is 0. The van der Waals surface area contributed by atoms with Gasteiger partial charge in [-0.1, -0.05) is 0 Å². The van der Waals surface area contributed by atoms with Crippen molar-refractivity contribution in [2.75, 3.05) is 17.8 Å². The van der Waals surface area contributed by atoms with E-state index in [2.05, 4.69) is 5.10 Å². The van der Waals surface area contributed by atoms with Gasteiger partial charge in [0.1, 0.15) is 6.54 Å². The van der Waals surface area contributed by atoms with Gasteiger partial charge in [-0.05, 0) is 18.2 Å². The van der Waals surface area contributed by atoms with E-state index < -0.39 is 20.8 Å². The highest BCUT2D eigenvalue weighted by molar-refractivity contribution is 7.85. The van der Waals surface area contributed by atoms with Crippen LogP contribution in [0.4, 0.5) is 11.4 Å². The minimum Gasteiger partial charge on any atom is -0.748 e. The van der Waals surface area contributed by atoms with Crippen LogP contribution in [-0.4, -0.2) is 36.9 Å². The first kappa shape index (κ1) is 19.5. The zero-order valence-corrected chi connectivity index (χ0v) is 14.9. The van der Waals surface area contributed by atoms with E-state index in [9.17, 15) is 23.1 Å². The van der Waals surface area contributed by atoms with E-state index >= 15 is 0 Å². The van der Waals surface area contributed by atoms with E-state index in [1.807, 2.05) is 6.07 Å². The molecule has 138 valence electrons. The van der Waals surface area contributed by atoms with Gasteiger partial charge in [0.15, 0.2) is 12.4 Å². The molecule has 26 heavy (non-hydrogen) atoms. The first-order chi connectivity index (χ1) is 12.2. The number of nitrogens with zero attached hydrogens (tertiary/aromatic N) is 4. The Bertz CT molecular complexity index is 897. The Morgan fingerprint density at radius 1 is 1.27 bits per heavy atom. The predicted molar refractivity (Wildman–Crippen MR) is 94.9 cm³/mol. The van der Waals surface area contributed by atoms with Gasteiger partial charge in [-0.2, -0.15) is 5.10 Å². The van der Waals surface area contributed by atoms with Crippen molar-refractivity contribution in [2.45, 2.75) is 13.0 Å². The van der Waals surface area contributed by atoms with Gasteiger partial charge in [-0.3, -0.25) is 15.1 Å². The first-order valence-corrected chi connectivity index (χ1v) is 9.27. The highest BCUT2D eigenvalue weighted by atomic mass is 32.2. The second-order valence-corrected chi connectivity index (χ2v) is 7.06. The van der Waals surface area contributed by atoms with E-state index in [0.29, 0.717) is 12.2 Å². The molecule has 0 radical (unpaired) electrons. The molecule has 0 aliphatic heterocycles. The molecular formula is C16H18N4O5S. The van der Waals surface area contributed by atoms with E-state index in [4.69, 9.17) is 0 Å². The van der Waals surface area contributed by atoms with Crippen LogP contribution < -0.4 is 9.58 Å². The Kier molecular flexibility index (Phi) is 6.36. The van der Waals surface area contributed by atoms with Crippen LogP contribution in [0.15, 0.2) is 53.9 Å². The standard InChI is InChI=1S/C16H18N4O5S/c1-18(15-5-7-16(8-6-15)20(21)22)17-12-14-4-2-9-19(13-14)10-3-11-26(23,24)25/h2,4-9,12-13H,3,10-11H2,1H3. The third-order valence-corrected chi connectivity index (χ3v) is 4.29. The molecule has 0 N–H and O–H groups in total. The van der Waals surface area contributed by atoms with Gasteiger partial charge >= 0.3 is 0 Å². The second-order valence-electron chi connectivity index (χ2n) is 5.53. The zero-order chi connectivity index (χ0) is 19.2. The van der Waals surface area contributed by atoms with Crippen LogP contribution in [0.5, 0.6) is 0 Å². The number of aryl methyl sites for hydroxylation is 1. The molecule has 1 heterocycles. The van der Waals surface area contributed by atoms with Crippen molar-refractivity contribution in [1.29, 1.82) is 0 Å². The lowest BCUT2D eigenvalue weighted by molar-refractivity contribution is -0.696. The minimum atomic E-state index is -4.20. The maximum atomic E-state index is 10.7. The molecule has 0 aliphatic rings. The predicted octanol–water partition coefficient (Wildman–Crippen LogP) is 1.29. The average molecular weight is 378 g/mol. The third kappa shape index (κ3) is 6.22. The largest absolute Gasteiger partial charge is 0.748 e. The molecule has 1 aromatic carbocycles. The monoisotopic (exact) mass is 378 g/mol. The van der Waals surface area contributed by atoms with Crippen molar-refractivity contribution in [3.63, 3.8) is 0 Å². The quantitative estimate of drug-likeness (QED) is 0.224. The number of aromatic nitrogens is 1. The number of nitro groups is 1. The summed E-state index contributed by atoms with van der Waals surface area (Å²) in [4.78, 5) is 10.2. The summed E-state index contributed by atoms with van der Waals surface area (Å²) in [7, 11) is -2.49. The van der Waals surface area contributed by atoms with Gasteiger partial charge in [0, 0.05) is 37.4 Å². The van der Waals surface area contributed by atoms with E-state index in [1.54, 1.807) is 53.4 Å². The fourth-order valence-corrected chi connectivity index (χ4v) is 2.67. The summed E-state index contributed by atoms with van der Waals surface area (Å²) in [6.45, 7) is 0.404. The molecule has 0 saturated carbocycles. The Labute approximate surface area is 151 Å². The molecular weight excluding hydrogens is 360 g/mol. The fraction of sp³-hybridized carbons (Fsp3) is 0.250. The maximum Gasteiger partial charge on any atom is 0.269 e. The number of non-ortho nitro benzene ring substituents is 1. The van der Waals surface area contributed by atoms with Crippen molar-refractivity contribution in [1.82, 2.24) is 0 Å². The fourth-order valence-electron chi connectivity index (χ4n) is 2.19. The average Bonchev–Trinajstić information content (AvgIpc) is 2.59. The van der Waals surface area contributed by atoms with Crippen LogP contribution in [0, 0.1) is 10.1 Å². The summed E-state index contributed by atoms with van der Waals surface area (Å²) >= 11 is 0. The number of anilines is 1. The Balaban J connectivity index is 2.00. The normalized spacial score (nSPS) is 11.6. The smallest absolute Gasteiger partial charge is 0.269 e. The number of hydrogen-bond acceptors (Lipinski definition) is 7. The number of pyridine rings is 1. The Morgan fingerprint density at radius 3 is 2.58 bits per heavy atom. The molecule has 0 saturated heterocycles. The molecule has 0 atom stereocenters. The van der Waals surface area contributed by atoms with Crippen molar-refractivity contribution in [2.24, 2.45) is 5.10 Å². The molecule has 0 amide bonds. The summed E-state index contributed by atoms with van der Waals surface area (Å²) in [6, 6.07) is 9.63. The summed E-state index contributed by atoms with van der Waals surface area (Å²) in [5.41, 5.74) is 1.48. The summed E-state index contributed by atoms with van der Waals surface area (Å²) in [5.74, 6) is -0.402. The maximum absolute atomic E-state index is 10.7. The van der Waals surface area contributed by atoms with Crippen LogP contribution in [0.2, 0.25) is 0 Å². The molecule has 1 aromatic heterocycles. The van der Waals surface area contributed by atoms with Crippen LogP contribution in [0.1, 0.15) is 12.0 Å². The number of rotatable bonds is 8. The molecule has 0 spiro atoms. The van der Waals surface area contributed by atoms with Gasteiger partial charge < -0.3 is 4.55 Å². The second kappa shape index (κ2) is 8.50. The van der Waals surface area contributed by atoms with Gasteiger partial charge in [-0.15, -0.1) is 0 Å². The third-order valence-electron chi connectivity index (χ3n) is 3.51. The zero-order valence-electron chi connectivity index (χ0n) is 14.1. The van der Waals surface area contributed by atoms with Crippen molar-refractivity contribution >= 4 is 27.7 Å². The van der Waals surface area contributed by atoms with Gasteiger partial charge in [0.25, 0.3) is 5.69 Å². The van der Waals surface area contributed by atoms with Crippen molar-refractivity contribution < 1.29 is 22.5 Å². The van der Waals surface area contributed by atoms with Crippen LogP contribution in [0.3, 0.4) is 0 Å². The van der Waals surface area contributed by atoms with Crippen LogP contribution >= 0.6 is 0 Å². The van der Waals surface area contributed by atoms with Crippen molar-refractivity contribution in [3.8, 4) is 0 Å².